The summed E-state index contributed by atoms with van der Waals surface area (Å²) in [5.41, 5.74) is -1.26. The van der Waals surface area contributed by atoms with Crippen LogP contribution in [-0.2, 0) is 11.0 Å². The third-order valence-electron chi connectivity index (χ3n) is 2.75. The van der Waals surface area contributed by atoms with Crippen molar-refractivity contribution in [1.82, 2.24) is 0 Å². The zero-order valence-electron chi connectivity index (χ0n) is 11.7. The molecule has 2 aromatic rings. The van der Waals surface area contributed by atoms with Crippen molar-refractivity contribution in [3.63, 3.8) is 0 Å². The van der Waals surface area contributed by atoms with Crippen molar-refractivity contribution in [3.8, 4) is 11.5 Å². The Hall–Kier alpha value is -2.26. The molecule has 0 saturated carbocycles. The number of alkyl halides is 4. The minimum Gasteiger partial charge on any atom is -0.477 e. The molecule has 24 heavy (non-hydrogen) atoms. The summed E-state index contributed by atoms with van der Waals surface area (Å²) in [7, 11) is 0. The van der Waals surface area contributed by atoms with E-state index in [0.717, 1.165) is 23.5 Å². The molecule has 5 nitrogen and oxygen atoms in total. The molecule has 10 heteroatoms. The van der Waals surface area contributed by atoms with Gasteiger partial charge in [0.1, 0.15) is 5.88 Å². The molecular weight excluding hydrogens is 371 g/mol. The fourth-order valence-corrected chi connectivity index (χ4v) is 2.45. The second-order valence-corrected chi connectivity index (χ2v) is 5.60. The molecule has 1 aromatic carbocycles. The van der Waals surface area contributed by atoms with Crippen molar-refractivity contribution >= 4 is 40.5 Å². The second-order valence-electron chi connectivity index (χ2n) is 4.41. The highest BCUT2D eigenvalue weighted by Crippen LogP contribution is 2.38. The Bertz CT molecular complexity index is 776. The van der Waals surface area contributed by atoms with Crippen LogP contribution >= 0.6 is 22.9 Å². The number of carboxylic acid groups (broad SMARTS) is 1. The Kier molecular flexibility index (Phi) is 5.35. The molecule has 0 fully saturated rings. The van der Waals surface area contributed by atoms with Crippen molar-refractivity contribution in [2.24, 2.45) is 0 Å². The van der Waals surface area contributed by atoms with Crippen molar-refractivity contribution in [3.05, 3.63) is 40.1 Å². The Balaban J connectivity index is 2.42. The quantitative estimate of drug-likeness (QED) is 0.753. The molecule has 128 valence electrons. The largest absolute Gasteiger partial charge is 0.477 e. The smallest absolute Gasteiger partial charge is 0.416 e. The van der Waals surface area contributed by atoms with E-state index in [0.29, 0.717) is 6.07 Å². The molecule has 0 aliphatic rings. The van der Waals surface area contributed by atoms with Gasteiger partial charge in [-0.1, -0.05) is 0 Å². The molecule has 0 aliphatic carbocycles. The molecule has 0 aliphatic heterocycles. The van der Waals surface area contributed by atoms with Gasteiger partial charge in [0.15, 0.2) is 16.4 Å². The van der Waals surface area contributed by atoms with Gasteiger partial charge in [-0.2, -0.15) is 13.2 Å². The predicted octanol–water partition coefficient (Wildman–Crippen LogP) is 4.43. The maximum absolute atomic E-state index is 12.8. The van der Waals surface area contributed by atoms with Crippen LogP contribution in [0.2, 0.25) is 0 Å². The summed E-state index contributed by atoms with van der Waals surface area (Å²) in [5.74, 6) is -2.62. The number of anilines is 1. The highest BCUT2D eigenvalue weighted by Gasteiger charge is 2.31. The zero-order chi connectivity index (χ0) is 17.9. The van der Waals surface area contributed by atoms with Crippen molar-refractivity contribution in [2.75, 3.05) is 11.2 Å². The molecule has 1 aromatic heterocycles. The lowest BCUT2D eigenvalue weighted by Gasteiger charge is -2.14. The van der Waals surface area contributed by atoms with Crippen LogP contribution < -0.4 is 10.1 Å². The molecule has 1 amide bonds. The lowest BCUT2D eigenvalue weighted by molar-refractivity contribution is -0.137. The SMILES string of the molecule is O=C(CCl)Nc1cc(C(F)(F)F)ccc1Oc1ccsc1C(=O)O. The number of aromatic carboxylic acids is 1. The summed E-state index contributed by atoms with van der Waals surface area (Å²) in [4.78, 5) is 22.3. The molecule has 0 saturated heterocycles. The van der Waals surface area contributed by atoms with Crippen LogP contribution in [0, 0.1) is 0 Å². The van der Waals surface area contributed by atoms with E-state index in [1.165, 1.54) is 11.4 Å². The molecule has 2 rings (SSSR count). The number of carbonyl (C=O) groups excluding carboxylic acids is 1. The fourth-order valence-electron chi connectivity index (χ4n) is 1.73. The number of benzene rings is 1. The number of amides is 1. The topological polar surface area (TPSA) is 75.6 Å². The maximum Gasteiger partial charge on any atom is 0.416 e. The van der Waals surface area contributed by atoms with E-state index in [-0.39, 0.29) is 22.1 Å². The lowest BCUT2D eigenvalue weighted by atomic mass is 10.1. The number of rotatable bonds is 5. The average Bonchev–Trinajstić information content (AvgIpc) is 2.96. The van der Waals surface area contributed by atoms with E-state index in [9.17, 15) is 22.8 Å². The number of carbonyl (C=O) groups is 2. The van der Waals surface area contributed by atoms with Crippen molar-refractivity contribution < 1.29 is 32.6 Å². The summed E-state index contributed by atoms with van der Waals surface area (Å²) >= 11 is 6.24. The predicted molar refractivity (Wildman–Crippen MR) is 82.1 cm³/mol. The highest BCUT2D eigenvalue weighted by atomic mass is 35.5. The van der Waals surface area contributed by atoms with Gasteiger partial charge in [-0.3, -0.25) is 4.79 Å². The first-order valence-electron chi connectivity index (χ1n) is 6.28. The Morgan fingerprint density at radius 3 is 2.54 bits per heavy atom. The van der Waals surface area contributed by atoms with Crippen LogP contribution in [-0.4, -0.2) is 22.9 Å². The number of hydrogen-bond acceptors (Lipinski definition) is 4. The summed E-state index contributed by atoms with van der Waals surface area (Å²) in [6.07, 6.45) is -4.62. The van der Waals surface area contributed by atoms with Crippen LogP contribution in [0.15, 0.2) is 29.6 Å². The molecule has 2 N–H and O–H groups in total. The Morgan fingerprint density at radius 1 is 1.25 bits per heavy atom. The molecule has 0 radical (unpaired) electrons. The molecule has 1 heterocycles. The van der Waals surface area contributed by atoms with E-state index >= 15 is 0 Å². The number of ether oxygens (including phenoxy) is 1. The average molecular weight is 380 g/mol. The normalized spacial score (nSPS) is 11.2. The highest BCUT2D eigenvalue weighted by molar-refractivity contribution is 7.12. The second kappa shape index (κ2) is 7.10. The van der Waals surface area contributed by atoms with Gasteiger partial charge < -0.3 is 15.2 Å². The molecule has 0 atom stereocenters. The van der Waals surface area contributed by atoms with E-state index in [2.05, 4.69) is 5.32 Å². The third kappa shape index (κ3) is 4.18. The molecule has 0 unspecified atom stereocenters. The Labute approximate surface area is 142 Å². The van der Waals surface area contributed by atoms with Gasteiger partial charge in [-0.25, -0.2) is 4.79 Å². The van der Waals surface area contributed by atoms with Gasteiger partial charge in [-0.15, -0.1) is 22.9 Å². The van der Waals surface area contributed by atoms with E-state index in [1.807, 2.05) is 0 Å². The molecule has 0 bridgehead atoms. The maximum atomic E-state index is 12.8. The van der Waals surface area contributed by atoms with Crippen LogP contribution in [0.1, 0.15) is 15.2 Å². The first-order chi connectivity index (χ1) is 11.2. The Morgan fingerprint density at radius 2 is 1.96 bits per heavy atom. The zero-order valence-corrected chi connectivity index (χ0v) is 13.3. The molecule has 0 spiro atoms. The van der Waals surface area contributed by atoms with Gasteiger partial charge >= 0.3 is 12.1 Å². The van der Waals surface area contributed by atoms with Gasteiger partial charge in [0.2, 0.25) is 5.91 Å². The number of carboxylic acids is 1. The van der Waals surface area contributed by atoms with Gasteiger partial charge in [0, 0.05) is 0 Å². The van der Waals surface area contributed by atoms with Gasteiger partial charge in [-0.05, 0) is 29.6 Å². The summed E-state index contributed by atoms with van der Waals surface area (Å²) in [5, 5.41) is 12.7. The van der Waals surface area contributed by atoms with Crippen LogP contribution in [0.4, 0.5) is 18.9 Å². The van der Waals surface area contributed by atoms with Gasteiger partial charge in [0.25, 0.3) is 0 Å². The summed E-state index contributed by atoms with van der Waals surface area (Å²) in [6.45, 7) is 0. The number of thiophene rings is 1. The minimum absolute atomic E-state index is 0.0476. The lowest BCUT2D eigenvalue weighted by Crippen LogP contribution is -2.14. The monoisotopic (exact) mass is 379 g/mol. The van der Waals surface area contributed by atoms with E-state index in [1.54, 1.807) is 0 Å². The fraction of sp³-hybridized carbons (Fsp3) is 0.143. The minimum atomic E-state index is -4.62. The summed E-state index contributed by atoms with van der Waals surface area (Å²) in [6, 6.07) is 3.81. The number of halogens is 4. The number of hydrogen-bond donors (Lipinski definition) is 2. The van der Waals surface area contributed by atoms with E-state index < -0.39 is 29.5 Å². The van der Waals surface area contributed by atoms with E-state index in [4.69, 9.17) is 21.4 Å². The number of nitrogens with one attached hydrogen (secondary N) is 1. The van der Waals surface area contributed by atoms with Crippen LogP contribution in [0.3, 0.4) is 0 Å². The van der Waals surface area contributed by atoms with Crippen molar-refractivity contribution in [1.29, 1.82) is 0 Å². The first kappa shape index (κ1) is 18.1. The van der Waals surface area contributed by atoms with Crippen LogP contribution in [0.25, 0.3) is 0 Å². The third-order valence-corrected chi connectivity index (χ3v) is 3.87. The van der Waals surface area contributed by atoms with Gasteiger partial charge in [0.05, 0.1) is 11.3 Å². The van der Waals surface area contributed by atoms with Crippen LogP contribution in [0.5, 0.6) is 11.5 Å². The van der Waals surface area contributed by atoms with Crippen molar-refractivity contribution in [2.45, 2.75) is 6.18 Å². The summed E-state index contributed by atoms with van der Waals surface area (Å²) < 4.78 is 43.8. The first-order valence-corrected chi connectivity index (χ1v) is 7.69. The standard InChI is InChI=1S/C14H9ClF3NO4S/c15-6-11(20)19-8-5-7(14(16,17)18)1-2-9(8)23-10-3-4-24-12(10)13(21)22/h1-5H,6H2,(H,19,20)(H,21,22). The molecular formula is C14H9ClF3NO4S.